The summed E-state index contributed by atoms with van der Waals surface area (Å²) >= 11 is 0. The lowest BCUT2D eigenvalue weighted by molar-refractivity contribution is -0.228. The van der Waals surface area contributed by atoms with E-state index >= 15 is 0 Å². The molecule has 0 aromatic carbocycles. The number of carbonyl (C=O) groups is 2. The lowest BCUT2D eigenvalue weighted by Crippen LogP contribution is -2.71. The Balaban J connectivity index is 1.88. The topological polar surface area (TPSA) is 75.6 Å². The number of hydrogen-bond acceptors (Lipinski definition) is 3. The minimum atomic E-state index is -0.951. The van der Waals surface area contributed by atoms with Gasteiger partial charge in [-0.1, -0.05) is 26.2 Å². The van der Waals surface area contributed by atoms with Crippen molar-refractivity contribution in [2.45, 2.75) is 84.3 Å². The van der Waals surface area contributed by atoms with Gasteiger partial charge >= 0.3 is 12.1 Å². The molecule has 3 fully saturated rings. The van der Waals surface area contributed by atoms with E-state index < -0.39 is 23.7 Å². The zero-order valence-electron chi connectivity index (χ0n) is 14.2. The van der Waals surface area contributed by atoms with Gasteiger partial charge in [0.15, 0.2) is 0 Å². The number of hydrogen-bond donors (Lipinski definition) is 2. The molecule has 1 atom stereocenters. The van der Waals surface area contributed by atoms with Crippen LogP contribution in [0.25, 0.3) is 0 Å². The molecule has 2 bridgehead atoms. The third-order valence-electron chi connectivity index (χ3n) is 5.01. The van der Waals surface area contributed by atoms with E-state index in [2.05, 4.69) is 12.2 Å². The molecule has 2 N–H and O–H groups in total. The summed E-state index contributed by atoms with van der Waals surface area (Å²) in [6.07, 6.45) is 7.02. The van der Waals surface area contributed by atoms with Gasteiger partial charge in [0, 0.05) is 5.41 Å². The summed E-state index contributed by atoms with van der Waals surface area (Å²) in [5.41, 5.74) is -0.499. The van der Waals surface area contributed by atoms with Crippen LogP contribution in [-0.4, -0.2) is 28.8 Å². The minimum absolute atomic E-state index is 0.241. The van der Waals surface area contributed by atoms with Crippen LogP contribution in [0.3, 0.4) is 0 Å². The van der Waals surface area contributed by atoms with Crippen molar-refractivity contribution in [1.82, 2.24) is 5.32 Å². The summed E-state index contributed by atoms with van der Waals surface area (Å²) in [6.45, 7) is 7.50. The largest absolute Gasteiger partial charge is 0.480 e. The second-order valence-corrected chi connectivity index (χ2v) is 8.27. The van der Waals surface area contributed by atoms with Gasteiger partial charge in [-0.2, -0.15) is 0 Å². The van der Waals surface area contributed by atoms with Gasteiger partial charge in [-0.3, -0.25) is 0 Å². The molecular formula is C17H29NO4. The second kappa shape index (κ2) is 5.74. The van der Waals surface area contributed by atoms with Crippen LogP contribution in [0.5, 0.6) is 0 Å². The van der Waals surface area contributed by atoms with Crippen LogP contribution in [-0.2, 0) is 9.53 Å². The van der Waals surface area contributed by atoms with Crippen molar-refractivity contribution in [2.75, 3.05) is 0 Å². The van der Waals surface area contributed by atoms with Crippen LogP contribution in [0.1, 0.15) is 72.6 Å². The predicted molar refractivity (Wildman–Crippen MR) is 83.7 cm³/mol. The second-order valence-electron chi connectivity index (χ2n) is 8.27. The third kappa shape index (κ3) is 3.39. The van der Waals surface area contributed by atoms with Gasteiger partial charge in [0.1, 0.15) is 11.6 Å². The normalized spacial score (nSPS) is 30.7. The first-order valence-corrected chi connectivity index (χ1v) is 8.34. The Hall–Kier alpha value is -1.26. The molecule has 22 heavy (non-hydrogen) atoms. The Morgan fingerprint density at radius 2 is 1.82 bits per heavy atom. The van der Waals surface area contributed by atoms with Gasteiger partial charge in [-0.25, -0.2) is 9.59 Å². The first-order valence-electron chi connectivity index (χ1n) is 8.34. The number of ether oxygens (including phenoxy) is 1. The zero-order valence-corrected chi connectivity index (χ0v) is 14.2. The number of amides is 1. The van der Waals surface area contributed by atoms with Crippen molar-refractivity contribution < 1.29 is 19.4 Å². The number of unbranched alkanes of at least 4 members (excludes halogenated alkanes) is 2. The fourth-order valence-corrected chi connectivity index (χ4v) is 4.31. The smallest absolute Gasteiger partial charge is 0.408 e. The van der Waals surface area contributed by atoms with Gasteiger partial charge in [-0.15, -0.1) is 0 Å². The fourth-order valence-electron chi connectivity index (χ4n) is 4.31. The Morgan fingerprint density at radius 1 is 1.23 bits per heavy atom. The molecule has 0 saturated heterocycles. The summed E-state index contributed by atoms with van der Waals surface area (Å²) in [7, 11) is 0. The van der Waals surface area contributed by atoms with Crippen molar-refractivity contribution in [3.05, 3.63) is 0 Å². The summed E-state index contributed by atoms with van der Waals surface area (Å²) in [5.74, 6) is -0.951. The van der Waals surface area contributed by atoms with Crippen LogP contribution < -0.4 is 5.32 Å². The van der Waals surface area contributed by atoms with Crippen LogP contribution in [0.4, 0.5) is 4.79 Å². The van der Waals surface area contributed by atoms with Crippen LogP contribution in [0.2, 0.25) is 0 Å². The third-order valence-corrected chi connectivity index (χ3v) is 5.01. The number of rotatable bonds is 7. The molecule has 1 unspecified atom stereocenters. The monoisotopic (exact) mass is 311 g/mol. The molecule has 0 spiro atoms. The summed E-state index contributed by atoms with van der Waals surface area (Å²) in [5, 5.41) is 12.1. The van der Waals surface area contributed by atoms with Crippen molar-refractivity contribution in [3.63, 3.8) is 0 Å². The van der Waals surface area contributed by atoms with Crippen LogP contribution in [0.15, 0.2) is 0 Å². The van der Waals surface area contributed by atoms with E-state index in [9.17, 15) is 14.7 Å². The Morgan fingerprint density at radius 3 is 2.27 bits per heavy atom. The number of carbonyl (C=O) groups excluding carboxylic acids is 1. The van der Waals surface area contributed by atoms with Gasteiger partial charge in [-0.05, 0) is 51.9 Å². The van der Waals surface area contributed by atoms with Crippen molar-refractivity contribution in [1.29, 1.82) is 0 Å². The lowest BCUT2D eigenvalue weighted by Gasteiger charge is -2.72. The van der Waals surface area contributed by atoms with E-state index in [1.54, 1.807) is 20.8 Å². The Kier molecular flexibility index (Phi) is 4.46. The van der Waals surface area contributed by atoms with Crippen LogP contribution >= 0.6 is 0 Å². The Labute approximate surface area is 132 Å². The Bertz CT molecular complexity index is 432. The van der Waals surface area contributed by atoms with Crippen LogP contribution in [0, 0.1) is 10.8 Å². The average Bonchev–Trinajstić information content (AvgIpc) is 2.25. The quantitative estimate of drug-likeness (QED) is 0.703. The first kappa shape index (κ1) is 17.1. The molecule has 0 aromatic heterocycles. The summed E-state index contributed by atoms with van der Waals surface area (Å²) in [6, 6.07) is -0.824. The number of aliphatic carboxylic acids is 1. The van der Waals surface area contributed by atoms with Gasteiger partial charge < -0.3 is 15.2 Å². The highest BCUT2D eigenvalue weighted by Gasteiger charge is 2.71. The highest BCUT2D eigenvalue weighted by Crippen LogP contribution is 2.76. The summed E-state index contributed by atoms with van der Waals surface area (Å²) in [4.78, 5) is 23.4. The molecule has 3 aliphatic carbocycles. The summed E-state index contributed by atoms with van der Waals surface area (Å²) < 4.78 is 5.19. The number of carboxylic acids is 1. The lowest BCUT2D eigenvalue weighted by atomic mass is 9.32. The molecule has 0 heterocycles. The maximum Gasteiger partial charge on any atom is 0.408 e. The highest BCUT2D eigenvalue weighted by molar-refractivity contribution is 5.81. The number of nitrogens with one attached hydrogen (secondary N) is 1. The molecule has 3 aliphatic rings. The van der Waals surface area contributed by atoms with E-state index in [1.165, 1.54) is 25.7 Å². The van der Waals surface area contributed by atoms with Gasteiger partial charge in [0.05, 0.1) is 0 Å². The molecule has 5 heteroatoms. The van der Waals surface area contributed by atoms with E-state index in [1.807, 2.05) is 0 Å². The zero-order chi connectivity index (χ0) is 16.6. The first-order chi connectivity index (χ1) is 10.1. The molecule has 1 amide bonds. The molecule has 3 rings (SSSR count). The number of alkyl carbamates (subject to hydrolysis) is 1. The van der Waals surface area contributed by atoms with Crippen molar-refractivity contribution >= 4 is 12.1 Å². The number of carboxylic acid groups (broad SMARTS) is 1. The maximum absolute atomic E-state index is 11.9. The van der Waals surface area contributed by atoms with E-state index in [0.717, 1.165) is 19.3 Å². The standard InChI is InChI=1S/C17H29NO4/c1-5-6-7-8-16-9-17(10-16,11-16)12(13(19)20)18-14(21)22-15(2,3)4/h12H,5-11H2,1-4H3,(H,18,21)(H,19,20). The molecule has 5 nitrogen and oxygen atoms in total. The predicted octanol–water partition coefficient (Wildman–Crippen LogP) is 3.71. The van der Waals surface area contributed by atoms with E-state index in [0.29, 0.717) is 5.41 Å². The van der Waals surface area contributed by atoms with Gasteiger partial charge in [0.2, 0.25) is 0 Å². The van der Waals surface area contributed by atoms with E-state index in [4.69, 9.17) is 4.74 Å². The molecular weight excluding hydrogens is 282 g/mol. The molecule has 0 aliphatic heterocycles. The molecule has 126 valence electrons. The fraction of sp³-hybridized carbons (Fsp3) is 0.882. The van der Waals surface area contributed by atoms with E-state index in [-0.39, 0.29) is 5.41 Å². The SMILES string of the molecule is CCCCCC12CC(C(NC(=O)OC(C)(C)C)C(=O)O)(C1)C2. The molecule has 0 radical (unpaired) electrons. The highest BCUT2D eigenvalue weighted by atomic mass is 16.6. The van der Waals surface area contributed by atoms with Gasteiger partial charge in [0.25, 0.3) is 0 Å². The maximum atomic E-state index is 11.9. The van der Waals surface area contributed by atoms with Crippen molar-refractivity contribution in [3.8, 4) is 0 Å². The molecule has 3 saturated carbocycles. The van der Waals surface area contributed by atoms with Crippen molar-refractivity contribution in [2.24, 2.45) is 10.8 Å². The average molecular weight is 311 g/mol. The molecule has 0 aromatic rings. The minimum Gasteiger partial charge on any atom is -0.480 e.